The molecule has 0 saturated carbocycles. The summed E-state index contributed by atoms with van der Waals surface area (Å²) in [7, 11) is 0. The maximum absolute atomic E-state index is 10.9. The van der Waals surface area contributed by atoms with Crippen molar-refractivity contribution in [2.45, 2.75) is 45.6 Å². The van der Waals surface area contributed by atoms with Gasteiger partial charge in [-0.2, -0.15) is 0 Å². The summed E-state index contributed by atoms with van der Waals surface area (Å²) in [6, 6.07) is 8.17. The Kier molecular flexibility index (Phi) is 5.10. The smallest absolute Gasteiger partial charge is 0.302 e. The number of hydrogen-bond acceptors (Lipinski definition) is 4. The number of esters is 1. The molecule has 1 aliphatic rings. The molecule has 4 nitrogen and oxygen atoms in total. The molecule has 0 atom stereocenters. The van der Waals surface area contributed by atoms with Crippen LogP contribution in [-0.2, 0) is 9.53 Å². The van der Waals surface area contributed by atoms with Crippen LogP contribution in [0.4, 0.5) is 5.69 Å². The molecule has 0 amide bonds. The van der Waals surface area contributed by atoms with Gasteiger partial charge in [-0.25, -0.2) is 0 Å². The first-order valence-electron chi connectivity index (χ1n) is 7.64. The third-order valence-corrected chi connectivity index (χ3v) is 3.58. The molecule has 1 aromatic rings. The Balaban J connectivity index is 1.93. The number of carbonyl (C=O) groups excluding carboxylic acids is 1. The molecule has 1 aromatic carbocycles. The van der Waals surface area contributed by atoms with Gasteiger partial charge in [0.1, 0.15) is 18.0 Å². The minimum atomic E-state index is -0.529. The molecule has 4 heteroatoms. The first-order chi connectivity index (χ1) is 9.96. The van der Waals surface area contributed by atoms with Gasteiger partial charge in [0.05, 0.1) is 0 Å². The standard InChI is InChI=1S/C17H25NO3/c1-14(19)20-13-17(2,3)21-16-9-7-15(8-10-16)18-11-5-4-6-12-18/h7-10H,4-6,11-13H2,1-3H3. The maximum atomic E-state index is 10.9. The lowest BCUT2D eigenvalue weighted by Gasteiger charge is -2.29. The van der Waals surface area contributed by atoms with Crippen LogP contribution in [0.5, 0.6) is 5.75 Å². The van der Waals surface area contributed by atoms with Gasteiger partial charge in [0.15, 0.2) is 0 Å². The van der Waals surface area contributed by atoms with Crippen molar-refractivity contribution in [3.8, 4) is 5.75 Å². The summed E-state index contributed by atoms with van der Waals surface area (Å²) in [6.45, 7) is 7.75. The van der Waals surface area contributed by atoms with Gasteiger partial charge in [0.2, 0.25) is 0 Å². The van der Waals surface area contributed by atoms with Gasteiger partial charge < -0.3 is 14.4 Å². The average molecular weight is 291 g/mol. The number of carbonyl (C=O) groups is 1. The summed E-state index contributed by atoms with van der Waals surface area (Å²) in [4.78, 5) is 13.3. The van der Waals surface area contributed by atoms with Crippen molar-refractivity contribution in [2.75, 3.05) is 24.6 Å². The zero-order chi connectivity index (χ0) is 15.3. The van der Waals surface area contributed by atoms with Crippen LogP contribution in [0.15, 0.2) is 24.3 Å². The number of anilines is 1. The van der Waals surface area contributed by atoms with E-state index in [9.17, 15) is 4.79 Å². The van der Waals surface area contributed by atoms with E-state index in [1.54, 1.807) is 0 Å². The van der Waals surface area contributed by atoms with Crippen molar-refractivity contribution in [2.24, 2.45) is 0 Å². The van der Waals surface area contributed by atoms with Crippen LogP contribution >= 0.6 is 0 Å². The Bertz CT molecular complexity index is 461. The van der Waals surface area contributed by atoms with Crippen molar-refractivity contribution in [1.29, 1.82) is 0 Å². The molecule has 1 aliphatic heterocycles. The monoisotopic (exact) mass is 291 g/mol. The van der Waals surface area contributed by atoms with E-state index < -0.39 is 5.60 Å². The molecule has 2 rings (SSSR count). The van der Waals surface area contributed by atoms with Crippen LogP contribution in [0.2, 0.25) is 0 Å². The Labute approximate surface area is 127 Å². The predicted octanol–water partition coefficient (Wildman–Crippen LogP) is 3.40. The van der Waals surface area contributed by atoms with Crippen LogP contribution in [-0.4, -0.2) is 31.3 Å². The molecule has 116 valence electrons. The third kappa shape index (κ3) is 4.96. The molecule has 0 aromatic heterocycles. The second-order valence-corrected chi connectivity index (χ2v) is 6.18. The minimum Gasteiger partial charge on any atom is -0.484 e. The van der Waals surface area contributed by atoms with E-state index in [0.717, 1.165) is 18.8 Å². The van der Waals surface area contributed by atoms with Crippen molar-refractivity contribution in [3.05, 3.63) is 24.3 Å². The molecule has 0 aliphatic carbocycles. The summed E-state index contributed by atoms with van der Waals surface area (Å²) in [5.41, 5.74) is 0.720. The summed E-state index contributed by atoms with van der Waals surface area (Å²) >= 11 is 0. The Morgan fingerprint density at radius 3 is 2.33 bits per heavy atom. The SMILES string of the molecule is CC(=O)OCC(C)(C)Oc1ccc(N2CCCCC2)cc1. The Morgan fingerprint density at radius 1 is 1.14 bits per heavy atom. The van der Waals surface area contributed by atoms with Crippen LogP contribution in [0.3, 0.4) is 0 Å². The lowest BCUT2D eigenvalue weighted by atomic mass is 10.1. The van der Waals surface area contributed by atoms with E-state index in [0.29, 0.717) is 0 Å². The lowest BCUT2D eigenvalue weighted by Crippen LogP contribution is -2.35. The lowest BCUT2D eigenvalue weighted by molar-refractivity contribution is -0.146. The van der Waals surface area contributed by atoms with Crippen LogP contribution in [0.25, 0.3) is 0 Å². The Hall–Kier alpha value is -1.71. The van der Waals surface area contributed by atoms with E-state index in [4.69, 9.17) is 9.47 Å². The van der Waals surface area contributed by atoms with E-state index in [-0.39, 0.29) is 12.6 Å². The van der Waals surface area contributed by atoms with Gasteiger partial charge >= 0.3 is 5.97 Å². The quantitative estimate of drug-likeness (QED) is 0.779. The minimum absolute atomic E-state index is 0.246. The highest BCUT2D eigenvalue weighted by atomic mass is 16.6. The molecule has 1 heterocycles. The highest BCUT2D eigenvalue weighted by Gasteiger charge is 2.22. The molecule has 21 heavy (non-hydrogen) atoms. The summed E-state index contributed by atoms with van der Waals surface area (Å²) in [5.74, 6) is 0.514. The van der Waals surface area contributed by atoms with Gasteiger partial charge in [-0.1, -0.05) is 0 Å². The summed E-state index contributed by atoms with van der Waals surface area (Å²) in [5, 5.41) is 0. The van der Waals surface area contributed by atoms with E-state index in [2.05, 4.69) is 17.0 Å². The maximum Gasteiger partial charge on any atom is 0.302 e. The first-order valence-corrected chi connectivity index (χ1v) is 7.64. The normalized spacial score (nSPS) is 15.7. The highest BCUT2D eigenvalue weighted by molar-refractivity contribution is 5.65. The van der Waals surface area contributed by atoms with Gasteiger partial charge in [-0.15, -0.1) is 0 Å². The molecule has 1 saturated heterocycles. The fraction of sp³-hybridized carbons (Fsp3) is 0.588. The van der Waals surface area contributed by atoms with Crippen molar-refractivity contribution < 1.29 is 14.3 Å². The van der Waals surface area contributed by atoms with Gasteiger partial charge in [-0.05, 0) is 57.4 Å². The number of piperidine rings is 1. The molecular weight excluding hydrogens is 266 g/mol. The number of ether oxygens (including phenoxy) is 2. The van der Waals surface area contributed by atoms with E-state index in [1.807, 2.05) is 26.0 Å². The van der Waals surface area contributed by atoms with Crippen LogP contribution in [0.1, 0.15) is 40.0 Å². The number of benzene rings is 1. The first kappa shape index (κ1) is 15.7. The predicted molar refractivity (Wildman–Crippen MR) is 83.8 cm³/mol. The fourth-order valence-electron chi connectivity index (χ4n) is 2.50. The van der Waals surface area contributed by atoms with E-state index in [1.165, 1.54) is 31.9 Å². The fourth-order valence-corrected chi connectivity index (χ4v) is 2.50. The van der Waals surface area contributed by atoms with Gasteiger partial charge in [0, 0.05) is 25.7 Å². The molecular formula is C17H25NO3. The third-order valence-electron chi connectivity index (χ3n) is 3.58. The van der Waals surface area contributed by atoms with Crippen LogP contribution < -0.4 is 9.64 Å². The molecule has 0 radical (unpaired) electrons. The largest absolute Gasteiger partial charge is 0.484 e. The van der Waals surface area contributed by atoms with E-state index >= 15 is 0 Å². The number of hydrogen-bond donors (Lipinski definition) is 0. The molecule has 0 unspecified atom stereocenters. The second kappa shape index (κ2) is 6.83. The molecule has 1 fully saturated rings. The second-order valence-electron chi connectivity index (χ2n) is 6.18. The summed E-state index contributed by atoms with van der Waals surface area (Å²) < 4.78 is 10.9. The average Bonchev–Trinajstić information content (AvgIpc) is 2.47. The topological polar surface area (TPSA) is 38.8 Å². The zero-order valence-electron chi connectivity index (χ0n) is 13.2. The van der Waals surface area contributed by atoms with Crippen LogP contribution in [0, 0.1) is 0 Å². The zero-order valence-corrected chi connectivity index (χ0v) is 13.2. The van der Waals surface area contributed by atoms with Crippen molar-refractivity contribution in [1.82, 2.24) is 0 Å². The summed E-state index contributed by atoms with van der Waals surface area (Å²) in [6.07, 6.45) is 3.88. The number of rotatable bonds is 5. The molecule has 0 bridgehead atoms. The molecule has 0 N–H and O–H groups in total. The highest BCUT2D eigenvalue weighted by Crippen LogP contribution is 2.25. The van der Waals surface area contributed by atoms with Gasteiger partial charge in [0.25, 0.3) is 0 Å². The Morgan fingerprint density at radius 2 is 1.76 bits per heavy atom. The number of nitrogens with zero attached hydrogens (tertiary/aromatic N) is 1. The van der Waals surface area contributed by atoms with Crippen molar-refractivity contribution in [3.63, 3.8) is 0 Å². The van der Waals surface area contributed by atoms with Crippen molar-refractivity contribution >= 4 is 11.7 Å². The van der Waals surface area contributed by atoms with Gasteiger partial charge in [-0.3, -0.25) is 4.79 Å². The molecule has 0 spiro atoms.